The van der Waals surface area contributed by atoms with Gasteiger partial charge in [-0.25, -0.2) is 0 Å². The average molecular weight is 460 g/mol. The van der Waals surface area contributed by atoms with E-state index in [9.17, 15) is 4.79 Å². The summed E-state index contributed by atoms with van der Waals surface area (Å²) in [6.07, 6.45) is 3.98. The van der Waals surface area contributed by atoms with Gasteiger partial charge in [-0.2, -0.15) is 0 Å². The lowest BCUT2D eigenvalue weighted by molar-refractivity contribution is -0.151. The topological polar surface area (TPSA) is 73.3 Å². The Morgan fingerprint density at radius 1 is 1.09 bits per heavy atom. The third-order valence-electron chi connectivity index (χ3n) is 7.62. The fourth-order valence-corrected chi connectivity index (χ4v) is 5.51. The molecule has 184 valence electrons. The van der Waals surface area contributed by atoms with E-state index >= 15 is 0 Å². The lowest BCUT2D eigenvalue weighted by Crippen LogP contribution is -2.47. The van der Waals surface area contributed by atoms with Crippen LogP contribution in [0.2, 0.25) is 0 Å². The minimum Gasteiger partial charge on any atom is -0.483 e. The zero-order valence-electron chi connectivity index (χ0n) is 20.5. The van der Waals surface area contributed by atoms with Crippen LogP contribution in [0.5, 0.6) is 0 Å². The molecule has 3 saturated heterocycles. The zero-order valence-corrected chi connectivity index (χ0v) is 20.5. The molecule has 0 saturated carbocycles. The summed E-state index contributed by atoms with van der Waals surface area (Å²) in [4.78, 5) is 28.5. The second-order valence-electron chi connectivity index (χ2n) is 9.88. The first-order valence-electron chi connectivity index (χ1n) is 12.5. The Morgan fingerprint density at radius 2 is 1.73 bits per heavy atom. The number of hydrogen-bond acceptors (Lipinski definition) is 6. The highest BCUT2D eigenvalue weighted by molar-refractivity contribution is 5.79. The van der Waals surface area contributed by atoms with Gasteiger partial charge in [0.2, 0.25) is 0 Å². The molecule has 0 aromatic heterocycles. The van der Waals surface area contributed by atoms with E-state index in [2.05, 4.69) is 59.7 Å². The Labute approximate surface area is 198 Å². The molecular formula is C26H41N3O4. The SMILES string of the molecule is CCN1CCC2(CC1)CC(CCN1CCN(c3ccccc3C(C)C)CC1)OC2=O.O=CO. The van der Waals surface area contributed by atoms with Crippen LogP contribution < -0.4 is 4.90 Å². The Bertz CT molecular complexity index is 769. The zero-order chi connectivity index (χ0) is 23.8. The predicted molar refractivity (Wildman–Crippen MR) is 131 cm³/mol. The number of cyclic esters (lactones) is 1. The Hall–Kier alpha value is -2.12. The maximum absolute atomic E-state index is 12.6. The van der Waals surface area contributed by atoms with Gasteiger partial charge in [-0.3, -0.25) is 14.5 Å². The van der Waals surface area contributed by atoms with Crippen LogP contribution in [-0.2, 0) is 14.3 Å². The van der Waals surface area contributed by atoms with Gasteiger partial charge in [0.15, 0.2) is 0 Å². The number of rotatable bonds is 6. The van der Waals surface area contributed by atoms with Gasteiger partial charge in [0.25, 0.3) is 6.47 Å². The quantitative estimate of drug-likeness (QED) is 0.516. The highest BCUT2D eigenvalue weighted by Crippen LogP contribution is 2.43. The van der Waals surface area contributed by atoms with Crippen LogP contribution in [0.15, 0.2) is 24.3 Å². The Balaban J connectivity index is 0.000000968. The molecule has 0 amide bonds. The van der Waals surface area contributed by atoms with Crippen molar-refractivity contribution >= 4 is 18.1 Å². The van der Waals surface area contributed by atoms with E-state index in [0.717, 1.165) is 78.0 Å². The smallest absolute Gasteiger partial charge is 0.312 e. The third-order valence-corrected chi connectivity index (χ3v) is 7.62. The third kappa shape index (κ3) is 6.27. The van der Waals surface area contributed by atoms with E-state index in [1.165, 1.54) is 11.3 Å². The lowest BCUT2D eigenvalue weighted by Gasteiger charge is -2.37. The first-order valence-corrected chi connectivity index (χ1v) is 12.5. The molecule has 0 aliphatic carbocycles. The summed E-state index contributed by atoms with van der Waals surface area (Å²) in [6.45, 7) is 15.0. The van der Waals surface area contributed by atoms with E-state index < -0.39 is 0 Å². The number of likely N-dealkylation sites (tertiary alicyclic amines) is 1. The van der Waals surface area contributed by atoms with Crippen LogP contribution in [0.4, 0.5) is 5.69 Å². The number of para-hydroxylation sites is 1. The van der Waals surface area contributed by atoms with Gasteiger partial charge in [0.05, 0.1) is 5.41 Å². The highest BCUT2D eigenvalue weighted by atomic mass is 16.6. The number of carbonyl (C=O) groups is 2. The number of anilines is 1. The molecule has 3 aliphatic heterocycles. The molecule has 1 spiro atoms. The number of hydrogen-bond donors (Lipinski definition) is 1. The van der Waals surface area contributed by atoms with Gasteiger partial charge >= 0.3 is 5.97 Å². The normalized spacial score (nSPS) is 23.3. The molecule has 3 fully saturated rings. The number of esters is 1. The minimum absolute atomic E-state index is 0.0818. The summed E-state index contributed by atoms with van der Waals surface area (Å²) in [5.74, 6) is 0.631. The van der Waals surface area contributed by atoms with Crippen LogP contribution >= 0.6 is 0 Å². The van der Waals surface area contributed by atoms with Crippen molar-refractivity contribution in [3.05, 3.63) is 29.8 Å². The average Bonchev–Trinajstić information content (AvgIpc) is 3.13. The number of benzene rings is 1. The molecule has 1 atom stereocenters. The second kappa shape index (κ2) is 11.8. The number of ether oxygens (including phenoxy) is 1. The second-order valence-corrected chi connectivity index (χ2v) is 9.88. The number of carboxylic acid groups (broad SMARTS) is 1. The summed E-state index contributed by atoms with van der Waals surface area (Å²) in [7, 11) is 0. The van der Waals surface area contributed by atoms with Gasteiger partial charge in [0, 0.05) is 44.8 Å². The van der Waals surface area contributed by atoms with Crippen molar-refractivity contribution in [2.24, 2.45) is 5.41 Å². The van der Waals surface area contributed by atoms with Crippen LogP contribution in [0.1, 0.15) is 57.9 Å². The summed E-state index contributed by atoms with van der Waals surface area (Å²) in [5, 5.41) is 6.89. The van der Waals surface area contributed by atoms with Crippen LogP contribution in [0, 0.1) is 5.41 Å². The van der Waals surface area contributed by atoms with Crippen LogP contribution in [0.3, 0.4) is 0 Å². The van der Waals surface area contributed by atoms with E-state index in [0.29, 0.717) is 5.92 Å². The highest BCUT2D eigenvalue weighted by Gasteiger charge is 2.50. The summed E-state index contributed by atoms with van der Waals surface area (Å²) >= 11 is 0. The van der Waals surface area contributed by atoms with Gasteiger partial charge in [-0.1, -0.05) is 39.0 Å². The molecule has 1 unspecified atom stereocenters. The molecular weight excluding hydrogens is 418 g/mol. The van der Waals surface area contributed by atoms with Gasteiger partial charge in [0.1, 0.15) is 6.10 Å². The molecule has 0 bridgehead atoms. The Morgan fingerprint density at radius 3 is 2.33 bits per heavy atom. The van der Waals surface area contributed by atoms with E-state index in [4.69, 9.17) is 14.6 Å². The van der Waals surface area contributed by atoms with Crippen LogP contribution in [0.25, 0.3) is 0 Å². The maximum atomic E-state index is 12.6. The van der Waals surface area contributed by atoms with Crippen molar-refractivity contribution in [3.63, 3.8) is 0 Å². The minimum atomic E-state index is -0.250. The largest absolute Gasteiger partial charge is 0.483 e. The van der Waals surface area contributed by atoms with Gasteiger partial charge < -0.3 is 19.6 Å². The molecule has 3 aliphatic rings. The molecule has 1 N–H and O–H groups in total. The van der Waals surface area contributed by atoms with Crippen molar-refractivity contribution in [1.29, 1.82) is 0 Å². The first-order chi connectivity index (χ1) is 15.9. The van der Waals surface area contributed by atoms with E-state index in [1.54, 1.807) is 0 Å². The van der Waals surface area contributed by atoms with Gasteiger partial charge in [-0.15, -0.1) is 0 Å². The molecule has 7 heteroatoms. The molecule has 1 aromatic rings. The lowest BCUT2D eigenvalue weighted by atomic mass is 9.76. The Kier molecular flexibility index (Phi) is 9.15. The summed E-state index contributed by atoms with van der Waals surface area (Å²) in [5.41, 5.74) is 2.66. The molecule has 3 heterocycles. The van der Waals surface area contributed by atoms with Crippen molar-refractivity contribution in [1.82, 2.24) is 9.80 Å². The van der Waals surface area contributed by atoms with Crippen LogP contribution in [-0.4, -0.2) is 85.8 Å². The van der Waals surface area contributed by atoms with E-state index in [-0.39, 0.29) is 24.0 Å². The fourth-order valence-electron chi connectivity index (χ4n) is 5.51. The number of nitrogens with zero attached hydrogens (tertiary/aromatic N) is 3. The summed E-state index contributed by atoms with van der Waals surface area (Å²) in [6, 6.07) is 8.84. The van der Waals surface area contributed by atoms with E-state index in [1.807, 2.05) is 0 Å². The van der Waals surface area contributed by atoms with Crippen molar-refractivity contribution in [3.8, 4) is 0 Å². The molecule has 4 rings (SSSR count). The number of piperazine rings is 1. The van der Waals surface area contributed by atoms with Crippen molar-refractivity contribution in [2.75, 3.05) is 57.3 Å². The summed E-state index contributed by atoms with van der Waals surface area (Å²) < 4.78 is 5.85. The van der Waals surface area contributed by atoms with Crippen molar-refractivity contribution < 1.29 is 19.4 Å². The van der Waals surface area contributed by atoms with Gasteiger partial charge in [-0.05, 0) is 56.4 Å². The maximum Gasteiger partial charge on any atom is 0.312 e. The predicted octanol–water partition coefficient (Wildman–Crippen LogP) is 3.44. The molecule has 0 radical (unpaired) electrons. The molecule has 7 nitrogen and oxygen atoms in total. The molecule has 1 aromatic carbocycles. The monoisotopic (exact) mass is 459 g/mol. The standard InChI is InChI=1S/C25H39N3O2.CH2O2/c1-4-26-13-10-25(11-14-26)19-21(30-24(25)29)9-12-27-15-17-28(18-16-27)23-8-6-5-7-22(23)20(2)3;2-1-3/h5-8,20-21H,4,9-19H2,1-3H3;1H,(H,2,3). The number of piperidine rings is 1. The molecule has 33 heavy (non-hydrogen) atoms. The first kappa shape index (κ1) is 25.5. The fraction of sp³-hybridized carbons (Fsp3) is 0.692. The van der Waals surface area contributed by atoms with Crippen molar-refractivity contribution in [2.45, 2.75) is 58.5 Å². The number of carbonyl (C=O) groups excluding carboxylic acids is 1.